The normalized spacial score (nSPS) is 20.0. The van der Waals surface area contributed by atoms with Crippen molar-refractivity contribution in [2.45, 2.75) is 18.7 Å². The van der Waals surface area contributed by atoms with Gasteiger partial charge >= 0.3 is 0 Å². The van der Waals surface area contributed by atoms with Crippen molar-refractivity contribution in [1.29, 1.82) is 0 Å². The zero-order chi connectivity index (χ0) is 23.4. The molecule has 4 bridgehead atoms. The smallest absolute Gasteiger partial charge is 0.258 e. The number of nitrogens with two attached hydrogens (primary N) is 1. The Morgan fingerprint density at radius 3 is 2.65 bits per heavy atom. The molecule has 4 N–H and O–H groups in total. The zero-order valence-corrected chi connectivity index (χ0v) is 19.4. The summed E-state index contributed by atoms with van der Waals surface area (Å²) in [5.74, 6) is 0.370. The Morgan fingerprint density at radius 2 is 1.94 bits per heavy atom. The van der Waals surface area contributed by atoms with E-state index in [0.29, 0.717) is 30.2 Å². The Hall–Kier alpha value is -3.50. The number of nitrogens with one attached hydrogen (secondary N) is 2. The quantitative estimate of drug-likeness (QED) is 0.557. The zero-order valence-electron chi connectivity index (χ0n) is 18.6. The van der Waals surface area contributed by atoms with E-state index in [1.807, 2.05) is 12.1 Å². The van der Waals surface area contributed by atoms with Crippen molar-refractivity contribution in [3.05, 3.63) is 53.6 Å². The van der Waals surface area contributed by atoms with Crippen LogP contribution in [0.25, 0.3) is 0 Å². The number of rotatable bonds is 2. The maximum atomic E-state index is 13.0. The molecule has 0 aromatic heterocycles. The van der Waals surface area contributed by atoms with Crippen LogP contribution in [0.3, 0.4) is 0 Å². The van der Waals surface area contributed by atoms with Gasteiger partial charge in [0.25, 0.3) is 11.8 Å². The number of benzene rings is 2. The molecule has 2 aromatic carbocycles. The maximum absolute atomic E-state index is 13.0. The summed E-state index contributed by atoms with van der Waals surface area (Å²) in [6.45, 7) is 0.555. The van der Waals surface area contributed by atoms with Crippen molar-refractivity contribution in [2.75, 3.05) is 33.4 Å². The number of carbonyl (C=O) groups excluding carboxylic acids is 3. The summed E-state index contributed by atoms with van der Waals surface area (Å²) in [6.07, 6.45) is -0.459. The highest BCUT2D eigenvalue weighted by Crippen LogP contribution is 2.28. The molecule has 10 nitrogen and oxygen atoms in total. The first-order valence-electron chi connectivity index (χ1n) is 10.6. The Balaban J connectivity index is 0.00000324. The Bertz CT molecular complexity index is 1050. The third-order valence-corrected chi connectivity index (χ3v) is 5.60. The van der Waals surface area contributed by atoms with Crippen molar-refractivity contribution in [1.82, 2.24) is 15.5 Å². The van der Waals surface area contributed by atoms with E-state index in [-0.39, 0.29) is 55.6 Å². The van der Waals surface area contributed by atoms with Crippen LogP contribution < -0.4 is 30.6 Å². The highest BCUT2D eigenvalue weighted by Gasteiger charge is 2.37. The Morgan fingerprint density at radius 1 is 1.18 bits per heavy atom. The fourth-order valence-electron chi connectivity index (χ4n) is 3.80. The minimum atomic E-state index is -0.459. The number of likely N-dealkylation sites (tertiary alicyclic amines) is 1. The molecule has 182 valence electrons. The molecule has 3 amide bonds. The third kappa shape index (κ3) is 5.70. The highest BCUT2D eigenvalue weighted by atomic mass is 35.5. The van der Waals surface area contributed by atoms with Crippen LogP contribution in [-0.4, -0.2) is 68.1 Å². The second kappa shape index (κ2) is 11.1. The summed E-state index contributed by atoms with van der Waals surface area (Å²) in [7, 11) is 1.48. The minimum absolute atomic E-state index is 0. The van der Waals surface area contributed by atoms with Gasteiger partial charge in [-0.1, -0.05) is 12.1 Å². The van der Waals surface area contributed by atoms with E-state index in [4.69, 9.17) is 19.9 Å². The fourth-order valence-corrected chi connectivity index (χ4v) is 3.80. The number of carbonyl (C=O) groups is 3. The van der Waals surface area contributed by atoms with Crippen LogP contribution in [0.4, 0.5) is 0 Å². The van der Waals surface area contributed by atoms with Crippen molar-refractivity contribution < 1.29 is 28.6 Å². The van der Waals surface area contributed by atoms with Gasteiger partial charge in [-0.25, -0.2) is 0 Å². The summed E-state index contributed by atoms with van der Waals surface area (Å²) in [5, 5.41) is 5.74. The number of methoxy groups -OCH3 is 1. The number of hydrogen-bond acceptors (Lipinski definition) is 7. The van der Waals surface area contributed by atoms with Gasteiger partial charge in [-0.2, -0.15) is 0 Å². The Kier molecular flexibility index (Phi) is 8.19. The van der Waals surface area contributed by atoms with E-state index in [1.54, 1.807) is 29.2 Å². The van der Waals surface area contributed by atoms with Gasteiger partial charge in [0, 0.05) is 18.7 Å². The molecule has 3 heterocycles. The lowest BCUT2D eigenvalue weighted by atomic mass is 10.1. The summed E-state index contributed by atoms with van der Waals surface area (Å²) >= 11 is 0. The van der Waals surface area contributed by atoms with Gasteiger partial charge in [0.05, 0.1) is 26.2 Å². The van der Waals surface area contributed by atoms with E-state index >= 15 is 0 Å². The van der Waals surface area contributed by atoms with Crippen LogP contribution in [0.5, 0.6) is 17.2 Å². The molecule has 0 saturated carbocycles. The van der Waals surface area contributed by atoms with E-state index in [2.05, 4.69) is 10.6 Å². The van der Waals surface area contributed by atoms with Gasteiger partial charge in [-0.15, -0.1) is 12.4 Å². The van der Waals surface area contributed by atoms with Crippen LogP contribution in [0, 0.1) is 0 Å². The minimum Gasteiger partial charge on any atom is -0.493 e. The van der Waals surface area contributed by atoms with Crippen molar-refractivity contribution >= 4 is 30.1 Å². The van der Waals surface area contributed by atoms with E-state index in [1.165, 1.54) is 13.2 Å². The number of halogens is 1. The number of hydrogen-bond donors (Lipinski definition) is 3. The molecule has 34 heavy (non-hydrogen) atoms. The molecule has 1 saturated heterocycles. The topological polar surface area (TPSA) is 132 Å². The van der Waals surface area contributed by atoms with Crippen LogP contribution >= 0.6 is 12.4 Å². The molecule has 1 fully saturated rings. The first-order valence-corrected chi connectivity index (χ1v) is 10.6. The number of ether oxygens (including phenoxy) is 3. The maximum Gasteiger partial charge on any atom is 0.258 e. The molecule has 11 heteroatoms. The van der Waals surface area contributed by atoms with Crippen LogP contribution in [0.2, 0.25) is 0 Å². The highest BCUT2D eigenvalue weighted by molar-refractivity contribution is 5.95. The Labute approximate surface area is 203 Å². The lowest BCUT2D eigenvalue weighted by Crippen LogP contribution is -2.45. The van der Waals surface area contributed by atoms with E-state index in [0.717, 1.165) is 5.56 Å². The molecule has 3 aliphatic heterocycles. The van der Waals surface area contributed by atoms with Gasteiger partial charge in [-0.05, 0) is 35.9 Å². The van der Waals surface area contributed by atoms with Gasteiger partial charge in [0.1, 0.15) is 11.9 Å². The molecule has 0 aliphatic carbocycles. The molecule has 2 atom stereocenters. The average Bonchev–Trinajstić information content (AvgIpc) is 3.22. The fraction of sp³-hybridized carbons (Fsp3) is 0.348. The predicted octanol–water partition coefficient (Wildman–Crippen LogP) is 0.473. The molecule has 0 spiro atoms. The molecule has 2 aromatic rings. The van der Waals surface area contributed by atoms with E-state index < -0.39 is 12.1 Å². The standard InChI is InChI=1S/C23H26N4O6.ClH/c1-31-18-7-4-15-8-19(18)32-13-21(28)25-10-14-2-5-16(6-3-14)33-20-12-27(22(29)9-24)11-17(20)26-23(15)30;/h2-8,17,20H,9-13,24H2,1H3,(H,25,28)(H,26,30);1H/t17-,20-;/m0./s1. The number of fused-ring (bicyclic) bond motifs is 7. The molecular weight excluding hydrogens is 464 g/mol. The summed E-state index contributed by atoms with van der Waals surface area (Å²) < 4.78 is 17.0. The SMILES string of the molecule is COc1ccc2cc1OCC(=O)NCc1ccc(cc1)O[C@H]1CN(C(=O)CN)C[C@@H]1NC2=O.Cl. The first kappa shape index (κ1) is 25.1. The predicted molar refractivity (Wildman–Crippen MR) is 125 cm³/mol. The van der Waals surface area contributed by atoms with E-state index in [9.17, 15) is 14.4 Å². The largest absolute Gasteiger partial charge is 0.493 e. The summed E-state index contributed by atoms with van der Waals surface area (Å²) in [5.41, 5.74) is 6.74. The second-order valence-electron chi connectivity index (χ2n) is 7.81. The molecule has 3 aliphatic rings. The van der Waals surface area contributed by atoms with Crippen LogP contribution in [-0.2, 0) is 16.1 Å². The van der Waals surface area contributed by atoms with Crippen molar-refractivity contribution in [3.63, 3.8) is 0 Å². The molecule has 5 rings (SSSR count). The average molecular weight is 491 g/mol. The lowest BCUT2D eigenvalue weighted by Gasteiger charge is -2.21. The molecule has 0 unspecified atom stereocenters. The number of amides is 3. The monoisotopic (exact) mass is 490 g/mol. The summed E-state index contributed by atoms with van der Waals surface area (Å²) in [4.78, 5) is 39.0. The van der Waals surface area contributed by atoms with Crippen LogP contribution in [0.1, 0.15) is 15.9 Å². The molecular formula is C23H27ClN4O6. The van der Waals surface area contributed by atoms with Gasteiger partial charge in [-0.3, -0.25) is 14.4 Å². The van der Waals surface area contributed by atoms with Crippen LogP contribution in [0.15, 0.2) is 42.5 Å². The first-order chi connectivity index (χ1) is 16.0. The number of nitrogens with zero attached hydrogens (tertiary/aromatic N) is 1. The van der Waals surface area contributed by atoms with Gasteiger partial charge < -0.3 is 35.5 Å². The lowest BCUT2D eigenvalue weighted by molar-refractivity contribution is -0.129. The van der Waals surface area contributed by atoms with Crippen molar-refractivity contribution in [3.8, 4) is 17.2 Å². The second-order valence-corrected chi connectivity index (χ2v) is 7.81. The third-order valence-electron chi connectivity index (χ3n) is 5.60. The summed E-state index contributed by atoms with van der Waals surface area (Å²) in [6, 6.07) is 11.5. The molecule has 0 radical (unpaired) electrons. The van der Waals surface area contributed by atoms with Crippen molar-refractivity contribution in [2.24, 2.45) is 5.73 Å². The van der Waals surface area contributed by atoms with Gasteiger partial charge in [0.15, 0.2) is 18.1 Å². The van der Waals surface area contributed by atoms with Gasteiger partial charge in [0.2, 0.25) is 5.91 Å².